The van der Waals surface area contributed by atoms with Crippen LogP contribution in [0.3, 0.4) is 0 Å². The minimum atomic E-state index is -0.780. The van der Waals surface area contributed by atoms with Gasteiger partial charge in [0, 0.05) is 4.47 Å². The average molecular weight is 367 g/mol. The molecule has 0 aliphatic rings. The smallest absolute Gasteiger partial charge is 0.235 e. The Balaban J connectivity index is 3.00. The van der Waals surface area contributed by atoms with Crippen LogP contribution in [0.25, 0.3) is 0 Å². The lowest BCUT2D eigenvalue weighted by Gasteiger charge is -2.16. The summed E-state index contributed by atoms with van der Waals surface area (Å²) < 4.78 is 13.4. The van der Waals surface area contributed by atoms with E-state index in [1.807, 2.05) is 6.92 Å². The van der Waals surface area contributed by atoms with Gasteiger partial charge in [0.1, 0.15) is 5.82 Å². The molecule has 0 heterocycles. The molecule has 1 aromatic carbocycles. The quantitative estimate of drug-likeness (QED) is 0.323. The molecule has 0 saturated heterocycles. The van der Waals surface area contributed by atoms with Crippen molar-refractivity contribution in [3.8, 4) is 0 Å². The third kappa shape index (κ3) is 4.08. The number of oxime groups is 1. The van der Waals surface area contributed by atoms with Crippen molar-refractivity contribution in [2.24, 2.45) is 16.8 Å². The van der Waals surface area contributed by atoms with Crippen molar-refractivity contribution < 1.29 is 14.4 Å². The zero-order valence-electron chi connectivity index (χ0n) is 10.7. The van der Waals surface area contributed by atoms with E-state index in [1.165, 1.54) is 6.07 Å². The van der Waals surface area contributed by atoms with Crippen LogP contribution in [0.15, 0.2) is 21.8 Å². The highest BCUT2D eigenvalue weighted by atomic mass is 79.9. The number of nitrogens with one attached hydrogen (secondary N) is 1. The lowest BCUT2D eigenvalue weighted by atomic mass is 10.0. The molecule has 0 aliphatic heterocycles. The van der Waals surface area contributed by atoms with Crippen molar-refractivity contribution in [2.45, 2.75) is 19.8 Å². The lowest BCUT2D eigenvalue weighted by molar-refractivity contribution is -0.118. The number of nitrogens with two attached hydrogens (primary N) is 1. The topological polar surface area (TPSA) is 87.7 Å². The van der Waals surface area contributed by atoms with Crippen LogP contribution in [0, 0.1) is 11.7 Å². The first-order valence-electron chi connectivity index (χ1n) is 5.83. The Kier molecular flexibility index (Phi) is 6.22. The van der Waals surface area contributed by atoms with E-state index < -0.39 is 17.6 Å². The summed E-state index contributed by atoms with van der Waals surface area (Å²) >= 11 is 9.00. The summed E-state index contributed by atoms with van der Waals surface area (Å²) in [5.41, 5.74) is 5.73. The van der Waals surface area contributed by atoms with Gasteiger partial charge in [0.2, 0.25) is 5.91 Å². The first-order chi connectivity index (χ1) is 9.40. The van der Waals surface area contributed by atoms with Crippen molar-refractivity contribution in [3.63, 3.8) is 0 Å². The summed E-state index contributed by atoms with van der Waals surface area (Å²) in [6.07, 6.45) is 1.09. The molecule has 20 heavy (non-hydrogen) atoms. The number of carbonyl (C=O) groups excluding carboxylic acids is 1. The first-order valence-corrected chi connectivity index (χ1v) is 7.00. The van der Waals surface area contributed by atoms with Crippen LogP contribution in [0.5, 0.6) is 0 Å². The number of hydrogen-bond acceptors (Lipinski definition) is 3. The molecule has 0 aromatic heterocycles. The number of benzene rings is 1. The van der Waals surface area contributed by atoms with Crippen LogP contribution in [-0.2, 0) is 4.79 Å². The van der Waals surface area contributed by atoms with Gasteiger partial charge in [0.25, 0.3) is 0 Å². The molecule has 1 unspecified atom stereocenters. The van der Waals surface area contributed by atoms with Crippen LogP contribution in [0.2, 0.25) is 5.02 Å². The Morgan fingerprint density at radius 1 is 1.65 bits per heavy atom. The molecule has 1 amide bonds. The molecule has 0 bridgehead atoms. The molecule has 0 spiro atoms. The zero-order chi connectivity index (χ0) is 15.3. The summed E-state index contributed by atoms with van der Waals surface area (Å²) in [7, 11) is 0. The highest BCUT2D eigenvalue weighted by molar-refractivity contribution is 9.10. The molecule has 0 radical (unpaired) electrons. The highest BCUT2D eigenvalue weighted by Gasteiger charge is 2.24. The predicted molar refractivity (Wildman–Crippen MR) is 79.5 cm³/mol. The van der Waals surface area contributed by atoms with Gasteiger partial charge in [-0.1, -0.05) is 30.1 Å². The summed E-state index contributed by atoms with van der Waals surface area (Å²) in [6.45, 7) is 1.87. The molecule has 0 fully saturated rings. The van der Waals surface area contributed by atoms with E-state index in [1.54, 1.807) is 0 Å². The van der Waals surface area contributed by atoms with Gasteiger partial charge in [-0.3, -0.25) is 4.79 Å². The normalized spacial score (nSPS) is 13.1. The van der Waals surface area contributed by atoms with Gasteiger partial charge >= 0.3 is 0 Å². The van der Waals surface area contributed by atoms with E-state index in [2.05, 4.69) is 26.4 Å². The van der Waals surface area contributed by atoms with E-state index in [4.69, 9.17) is 22.5 Å². The van der Waals surface area contributed by atoms with Crippen LogP contribution >= 0.6 is 27.5 Å². The first kappa shape index (κ1) is 16.7. The van der Waals surface area contributed by atoms with Gasteiger partial charge in [-0.2, -0.15) is 0 Å². The molecule has 1 atom stereocenters. The maximum Gasteiger partial charge on any atom is 0.235 e. The molecular formula is C12H14BrClFN3O2. The number of rotatable bonds is 5. The predicted octanol–water partition coefficient (Wildman–Crippen LogP) is 3.34. The van der Waals surface area contributed by atoms with Crippen molar-refractivity contribution in [2.75, 3.05) is 5.32 Å². The number of anilines is 1. The molecule has 8 heteroatoms. The summed E-state index contributed by atoms with van der Waals surface area (Å²) in [4.78, 5) is 12.1. The van der Waals surface area contributed by atoms with Gasteiger partial charge in [-0.05, 0) is 34.5 Å². The molecule has 1 rings (SSSR count). The van der Waals surface area contributed by atoms with E-state index >= 15 is 0 Å². The second-order valence-electron chi connectivity index (χ2n) is 4.10. The number of amidine groups is 1. The summed E-state index contributed by atoms with van der Waals surface area (Å²) in [5, 5.41) is 14.2. The van der Waals surface area contributed by atoms with Gasteiger partial charge in [-0.15, -0.1) is 0 Å². The molecule has 4 N–H and O–H groups in total. The number of halogens is 3. The maximum absolute atomic E-state index is 13.1. The van der Waals surface area contributed by atoms with Gasteiger partial charge < -0.3 is 16.3 Å². The van der Waals surface area contributed by atoms with Gasteiger partial charge in [0.05, 0.1) is 16.6 Å². The van der Waals surface area contributed by atoms with Crippen LogP contribution in [-0.4, -0.2) is 17.0 Å². The fourth-order valence-electron chi connectivity index (χ4n) is 1.64. The highest BCUT2D eigenvalue weighted by Crippen LogP contribution is 2.32. The van der Waals surface area contributed by atoms with Crippen LogP contribution < -0.4 is 11.1 Å². The van der Waals surface area contributed by atoms with E-state index in [0.29, 0.717) is 17.3 Å². The fraction of sp³-hybridized carbons (Fsp3) is 0.333. The van der Waals surface area contributed by atoms with Gasteiger partial charge in [0.15, 0.2) is 5.84 Å². The monoisotopic (exact) mass is 365 g/mol. The second-order valence-corrected chi connectivity index (χ2v) is 5.36. The summed E-state index contributed by atoms with van der Waals surface area (Å²) in [6, 6.07) is 2.26. The molecule has 110 valence electrons. The largest absolute Gasteiger partial charge is 0.409 e. The fourth-order valence-corrected chi connectivity index (χ4v) is 2.54. The number of amides is 1. The van der Waals surface area contributed by atoms with Crippen LogP contribution in [0.4, 0.5) is 10.1 Å². The molecule has 5 nitrogen and oxygen atoms in total. The van der Waals surface area contributed by atoms with Crippen molar-refractivity contribution in [3.05, 3.63) is 27.4 Å². The molecular weight excluding hydrogens is 353 g/mol. The third-order valence-corrected chi connectivity index (χ3v) is 3.54. The SMILES string of the molecule is CCCC(C(=O)Nc1c(Cl)cc(F)cc1Br)C(N)=NO. The molecule has 0 aliphatic carbocycles. The summed E-state index contributed by atoms with van der Waals surface area (Å²) in [5.74, 6) is -1.96. The zero-order valence-corrected chi connectivity index (χ0v) is 13.0. The minimum absolute atomic E-state index is 0.0555. The average Bonchev–Trinajstić information content (AvgIpc) is 2.39. The van der Waals surface area contributed by atoms with E-state index in [0.717, 1.165) is 6.07 Å². The van der Waals surface area contributed by atoms with Gasteiger partial charge in [-0.25, -0.2) is 4.39 Å². The molecule has 0 saturated carbocycles. The van der Waals surface area contributed by atoms with Crippen molar-refractivity contribution in [1.29, 1.82) is 0 Å². The Morgan fingerprint density at radius 3 is 2.80 bits per heavy atom. The standard InChI is InChI=1S/C12H14BrClFN3O2/c1-2-3-7(11(16)18-20)12(19)17-10-8(13)4-6(15)5-9(10)14/h4-5,7,20H,2-3H2,1H3,(H2,16,18)(H,17,19). The third-order valence-electron chi connectivity index (χ3n) is 2.62. The van der Waals surface area contributed by atoms with Crippen LogP contribution in [0.1, 0.15) is 19.8 Å². The number of nitrogens with zero attached hydrogens (tertiary/aromatic N) is 1. The Morgan fingerprint density at radius 2 is 2.30 bits per heavy atom. The van der Waals surface area contributed by atoms with Crippen molar-refractivity contribution in [1.82, 2.24) is 0 Å². The second kappa shape index (κ2) is 7.44. The lowest BCUT2D eigenvalue weighted by Crippen LogP contribution is -2.34. The maximum atomic E-state index is 13.1. The Labute approximate surface area is 129 Å². The van der Waals surface area contributed by atoms with E-state index in [9.17, 15) is 9.18 Å². The number of carbonyl (C=O) groups is 1. The Bertz CT molecular complexity index is 516. The minimum Gasteiger partial charge on any atom is -0.409 e. The van der Waals surface area contributed by atoms with E-state index in [-0.39, 0.29) is 16.5 Å². The Hall–Kier alpha value is -1.34. The van der Waals surface area contributed by atoms with Crippen molar-refractivity contribution >= 4 is 45.0 Å². The number of hydrogen-bond donors (Lipinski definition) is 3. The molecule has 1 aromatic rings.